The number of ether oxygens (including phenoxy) is 1. The first-order chi connectivity index (χ1) is 9.01. The van der Waals surface area contributed by atoms with Gasteiger partial charge in [0.1, 0.15) is 0 Å². The first-order valence-corrected chi connectivity index (χ1v) is 7.56. The highest BCUT2D eigenvalue weighted by molar-refractivity contribution is 9.10. The fourth-order valence-electron chi connectivity index (χ4n) is 2.61. The third kappa shape index (κ3) is 4.56. The molecule has 3 atom stereocenters. The number of halogens is 1. The largest absolute Gasteiger partial charge is 0.383 e. The maximum absolute atomic E-state index is 6.23. The Balaban J connectivity index is 3.04. The molecule has 0 aliphatic carbocycles. The van der Waals surface area contributed by atoms with Gasteiger partial charge in [0, 0.05) is 23.7 Å². The number of rotatable bonds is 7. The number of likely N-dealkylation sites (N-methyl/N-ethyl adjacent to an activating group) is 1. The molecular formula is C15H25BrN2O. The van der Waals surface area contributed by atoms with Gasteiger partial charge in [-0.15, -0.1) is 0 Å². The Bertz CT molecular complexity index is 384. The minimum Gasteiger partial charge on any atom is -0.383 e. The van der Waals surface area contributed by atoms with Gasteiger partial charge in [-0.05, 0) is 38.1 Å². The van der Waals surface area contributed by atoms with E-state index >= 15 is 0 Å². The lowest BCUT2D eigenvalue weighted by atomic mass is 9.98. The third-order valence-electron chi connectivity index (χ3n) is 3.38. The first-order valence-electron chi connectivity index (χ1n) is 6.77. The van der Waals surface area contributed by atoms with Crippen LogP contribution >= 0.6 is 15.9 Å². The van der Waals surface area contributed by atoms with E-state index in [0.29, 0.717) is 12.6 Å². The lowest BCUT2D eigenvalue weighted by molar-refractivity contribution is 0.0654. The Kier molecular flexibility index (Phi) is 7.00. The van der Waals surface area contributed by atoms with Gasteiger partial charge in [-0.2, -0.15) is 0 Å². The van der Waals surface area contributed by atoms with Gasteiger partial charge in [0.15, 0.2) is 0 Å². The number of nitrogens with zero attached hydrogens (tertiary/aromatic N) is 1. The molecule has 0 amide bonds. The van der Waals surface area contributed by atoms with Crippen LogP contribution in [-0.4, -0.2) is 37.2 Å². The van der Waals surface area contributed by atoms with E-state index in [1.165, 1.54) is 5.56 Å². The van der Waals surface area contributed by atoms with Crippen molar-refractivity contribution in [1.29, 1.82) is 0 Å². The van der Waals surface area contributed by atoms with Crippen LogP contribution in [-0.2, 0) is 4.74 Å². The lowest BCUT2D eigenvalue weighted by Gasteiger charge is -2.38. The molecule has 4 heteroatoms. The minimum absolute atomic E-state index is 0.0635. The molecule has 1 aromatic carbocycles. The van der Waals surface area contributed by atoms with Crippen molar-refractivity contribution in [3.05, 3.63) is 34.3 Å². The van der Waals surface area contributed by atoms with Crippen molar-refractivity contribution in [2.24, 2.45) is 5.73 Å². The normalized spacial score (nSPS) is 16.4. The molecule has 1 rings (SSSR count). The predicted octanol–water partition coefficient (Wildman–Crippen LogP) is 3.19. The van der Waals surface area contributed by atoms with Crippen LogP contribution in [0.1, 0.15) is 32.4 Å². The van der Waals surface area contributed by atoms with Gasteiger partial charge in [-0.25, -0.2) is 0 Å². The summed E-state index contributed by atoms with van der Waals surface area (Å²) in [5.41, 5.74) is 7.48. The summed E-state index contributed by atoms with van der Waals surface area (Å²) in [4.78, 5) is 2.40. The summed E-state index contributed by atoms with van der Waals surface area (Å²) >= 11 is 3.53. The SMILES string of the molecule is CCN(C(C)COC)C(c1cccc(Br)c1)C(C)N. The lowest BCUT2D eigenvalue weighted by Crippen LogP contribution is -2.45. The zero-order valence-electron chi connectivity index (χ0n) is 12.3. The third-order valence-corrected chi connectivity index (χ3v) is 3.88. The van der Waals surface area contributed by atoms with Gasteiger partial charge < -0.3 is 10.5 Å². The molecule has 108 valence electrons. The second-order valence-electron chi connectivity index (χ2n) is 4.99. The topological polar surface area (TPSA) is 38.5 Å². The molecule has 3 unspecified atom stereocenters. The number of benzene rings is 1. The van der Waals surface area contributed by atoms with Gasteiger partial charge >= 0.3 is 0 Å². The molecule has 0 saturated heterocycles. The number of methoxy groups -OCH3 is 1. The van der Waals surface area contributed by atoms with Crippen LogP contribution in [0.5, 0.6) is 0 Å². The Morgan fingerprint density at radius 2 is 2.05 bits per heavy atom. The standard InChI is InChI=1S/C15H25BrN2O/c1-5-18(11(2)10-19-4)15(12(3)17)13-7-6-8-14(16)9-13/h6-9,11-12,15H,5,10,17H2,1-4H3. The molecule has 2 N–H and O–H groups in total. The fraction of sp³-hybridized carbons (Fsp3) is 0.600. The molecule has 0 heterocycles. The summed E-state index contributed by atoms with van der Waals surface area (Å²) in [7, 11) is 1.74. The molecular weight excluding hydrogens is 304 g/mol. The van der Waals surface area contributed by atoms with E-state index in [-0.39, 0.29) is 12.1 Å². The maximum atomic E-state index is 6.23. The van der Waals surface area contributed by atoms with Crippen molar-refractivity contribution >= 4 is 15.9 Å². The van der Waals surface area contributed by atoms with Crippen LogP contribution in [0, 0.1) is 0 Å². The summed E-state index contributed by atoms with van der Waals surface area (Å²) in [6, 6.07) is 8.99. The highest BCUT2D eigenvalue weighted by Crippen LogP contribution is 2.27. The van der Waals surface area contributed by atoms with Gasteiger partial charge in [0.2, 0.25) is 0 Å². The highest BCUT2D eigenvalue weighted by Gasteiger charge is 2.26. The highest BCUT2D eigenvalue weighted by atomic mass is 79.9. The Hall–Kier alpha value is -0.420. The summed E-state index contributed by atoms with van der Waals surface area (Å²) in [5.74, 6) is 0. The number of hydrogen-bond acceptors (Lipinski definition) is 3. The van der Waals surface area contributed by atoms with E-state index in [9.17, 15) is 0 Å². The molecule has 0 fully saturated rings. The van der Waals surface area contributed by atoms with Gasteiger partial charge in [-0.3, -0.25) is 4.90 Å². The van der Waals surface area contributed by atoms with Crippen LogP contribution < -0.4 is 5.73 Å². The molecule has 0 aliphatic rings. The zero-order valence-corrected chi connectivity index (χ0v) is 13.9. The summed E-state index contributed by atoms with van der Waals surface area (Å²) in [5, 5.41) is 0. The van der Waals surface area contributed by atoms with E-state index < -0.39 is 0 Å². The van der Waals surface area contributed by atoms with Crippen molar-refractivity contribution < 1.29 is 4.74 Å². The van der Waals surface area contributed by atoms with Crippen molar-refractivity contribution in [1.82, 2.24) is 4.90 Å². The first kappa shape index (κ1) is 16.6. The monoisotopic (exact) mass is 328 g/mol. The second kappa shape index (κ2) is 8.00. The summed E-state index contributed by atoms with van der Waals surface area (Å²) < 4.78 is 6.37. The molecule has 0 bridgehead atoms. The van der Waals surface area contributed by atoms with Gasteiger partial charge in [0.25, 0.3) is 0 Å². The quantitative estimate of drug-likeness (QED) is 0.835. The molecule has 1 aromatic rings. The molecule has 0 aromatic heterocycles. The van der Waals surface area contributed by atoms with Crippen LogP contribution in [0.4, 0.5) is 0 Å². The van der Waals surface area contributed by atoms with E-state index in [4.69, 9.17) is 10.5 Å². The molecule has 0 saturated carbocycles. The average molecular weight is 329 g/mol. The maximum Gasteiger partial charge on any atom is 0.0615 e. The van der Waals surface area contributed by atoms with Gasteiger partial charge in [0.05, 0.1) is 12.6 Å². The van der Waals surface area contributed by atoms with Crippen LogP contribution in [0.15, 0.2) is 28.7 Å². The zero-order chi connectivity index (χ0) is 14.4. The average Bonchev–Trinajstić information content (AvgIpc) is 2.35. The van der Waals surface area contributed by atoms with E-state index in [0.717, 1.165) is 11.0 Å². The fourth-order valence-corrected chi connectivity index (χ4v) is 3.02. The van der Waals surface area contributed by atoms with Crippen molar-refractivity contribution in [3.63, 3.8) is 0 Å². The van der Waals surface area contributed by atoms with Crippen LogP contribution in [0.2, 0.25) is 0 Å². The smallest absolute Gasteiger partial charge is 0.0615 e. The number of nitrogens with two attached hydrogens (primary N) is 1. The Morgan fingerprint density at radius 1 is 1.37 bits per heavy atom. The van der Waals surface area contributed by atoms with Gasteiger partial charge in [-0.1, -0.05) is 35.0 Å². The summed E-state index contributed by atoms with van der Waals surface area (Å²) in [6.07, 6.45) is 0. The van der Waals surface area contributed by atoms with Crippen LogP contribution in [0.3, 0.4) is 0 Å². The Labute approximate surface area is 125 Å². The molecule has 0 radical (unpaired) electrons. The molecule has 19 heavy (non-hydrogen) atoms. The molecule has 3 nitrogen and oxygen atoms in total. The summed E-state index contributed by atoms with van der Waals surface area (Å²) in [6.45, 7) is 8.07. The van der Waals surface area contributed by atoms with Crippen molar-refractivity contribution in [2.75, 3.05) is 20.3 Å². The molecule has 0 spiro atoms. The predicted molar refractivity (Wildman–Crippen MR) is 84.3 cm³/mol. The number of hydrogen-bond donors (Lipinski definition) is 1. The van der Waals surface area contributed by atoms with Crippen molar-refractivity contribution in [2.45, 2.75) is 38.9 Å². The molecule has 0 aliphatic heterocycles. The van der Waals surface area contributed by atoms with E-state index in [1.807, 2.05) is 6.07 Å². The van der Waals surface area contributed by atoms with E-state index in [2.05, 4.69) is 59.8 Å². The van der Waals surface area contributed by atoms with Crippen LogP contribution in [0.25, 0.3) is 0 Å². The van der Waals surface area contributed by atoms with E-state index in [1.54, 1.807) is 7.11 Å². The minimum atomic E-state index is 0.0635. The Morgan fingerprint density at radius 3 is 2.53 bits per heavy atom. The second-order valence-corrected chi connectivity index (χ2v) is 5.91. The van der Waals surface area contributed by atoms with Crippen molar-refractivity contribution in [3.8, 4) is 0 Å².